The first-order valence-electron chi connectivity index (χ1n) is 7.04. The minimum Gasteiger partial charge on any atom is -0.397 e. The van der Waals surface area contributed by atoms with Crippen molar-refractivity contribution in [3.05, 3.63) is 10.4 Å². The maximum Gasteiger partial charge on any atom is 0.256 e. The molecular formula is C14H19N3O2S. The molecule has 3 rings (SSSR count). The number of thiophene rings is 1. The summed E-state index contributed by atoms with van der Waals surface area (Å²) in [7, 11) is 1.58. The molecular weight excluding hydrogens is 274 g/mol. The van der Waals surface area contributed by atoms with Gasteiger partial charge in [0.25, 0.3) is 5.91 Å². The Labute approximate surface area is 121 Å². The third-order valence-electron chi connectivity index (χ3n) is 3.82. The summed E-state index contributed by atoms with van der Waals surface area (Å²) < 4.78 is 0. The molecule has 20 heavy (non-hydrogen) atoms. The van der Waals surface area contributed by atoms with E-state index < -0.39 is 0 Å². The molecule has 0 saturated heterocycles. The van der Waals surface area contributed by atoms with E-state index in [-0.39, 0.29) is 17.6 Å². The summed E-state index contributed by atoms with van der Waals surface area (Å²) >= 11 is 1.33. The number of anilines is 2. The van der Waals surface area contributed by atoms with Crippen LogP contribution in [0.3, 0.4) is 0 Å². The molecule has 1 aromatic rings. The summed E-state index contributed by atoms with van der Waals surface area (Å²) in [5.74, 6) is 0.673. The summed E-state index contributed by atoms with van der Waals surface area (Å²) in [6.45, 7) is 0.848. The highest BCUT2D eigenvalue weighted by molar-refractivity contribution is 7.19. The lowest BCUT2D eigenvalue weighted by Gasteiger charge is -2.06. The number of nitrogens with one attached hydrogen (secondary N) is 2. The number of nitrogens with two attached hydrogens (primary N) is 1. The van der Waals surface area contributed by atoms with Crippen LogP contribution in [0.2, 0.25) is 0 Å². The highest BCUT2D eigenvalue weighted by Gasteiger charge is 2.35. The average Bonchev–Trinajstić information content (AvgIpc) is 3.33. The molecule has 108 valence electrons. The van der Waals surface area contributed by atoms with Crippen LogP contribution >= 0.6 is 11.3 Å². The Kier molecular flexibility index (Phi) is 3.41. The molecule has 0 spiro atoms. The van der Waals surface area contributed by atoms with Gasteiger partial charge in [0.1, 0.15) is 5.00 Å². The van der Waals surface area contributed by atoms with Gasteiger partial charge in [-0.25, -0.2) is 0 Å². The molecule has 0 atom stereocenters. The predicted octanol–water partition coefficient (Wildman–Crippen LogP) is 2.10. The van der Waals surface area contributed by atoms with Crippen molar-refractivity contribution in [3.63, 3.8) is 0 Å². The molecule has 0 aromatic carbocycles. The third kappa shape index (κ3) is 2.52. The molecule has 0 unspecified atom stereocenters. The van der Waals surface area contributed by atoms with Crippen LogP contribution in [0.1, 0.15) is 45.7 Å². The highest BCUT2D eigenvalue weighted by atomic mass is 32.1. The van der Waals surface area contributed by atoms with Crippen LogP contribution in [0.4, 0.5) is 10.7 Å². The lowest BCUT2D eigenvalue weighted by atomic mass is 10.1. The fourth-order valence-corrected chi connectivity index (χ4v) is 3.34. The molecule has 1 heterocycles. The second-order valence-electron chi connectivity index (χ2n) is 5.59. The van der Waals surface area contributed by atoms with Gasteiger partial charge in [-0.3, -0.25) is 9.59 Å². The fourth-order valence-electron chi connectivity index (χ4n) is 2.19. The van der Waals surface area contributed by atoms with Gasteiger partial charge in [0.15, 0.2) is 5.78 Å². The molecule has 0 aliphatic heterocycles. The van der Waals surface area contributed by atoms with Gasteiger partial charge in [0.05, 0.1) is 16.1 Å². The molecule has 6 heteroatoms. The van der Waals surface area contributed by atoms with Crippen molar-refractivity contribution in [3.8, 4) is 0 Å². The van der Waals surface area contributed by atoms with Gasteiger partial charge in [-0.05, 0) is 31.6 Å². The Morgan fingerprint density at radius 1 is 1.30 bits per heavy atom. The predicted molar refractivity (Wildman–Crippen MR) is 80.4 cm³/mol. The van der Waals surface area contributed by atoms with Crippen LogP contribution in [0, 0.1) is 11.8 Å². The maximum atomic E-state index is 12.2. The summed E-state index contributed by atoms with van der Waals surface area (Å²) in [5, 5.41) is 6.62. The molecule has 0 radical (unpaired) electrons. The lowest BCUT2D eigenvalue weighted by molar-refractivity contribution is 0.0964. The Morgan fingerprint density at radius 2 is 2.00 bits per heavy atom. The number of hydrogen-bond donors (Lipinski definition) is 3. The first-order chi connectivity index (χ1) is 9.61. The summed E-state index contributed by atoms with van der Waals surface area (Å²) in [6, 6.07) is 0. The quantitative estimate of drug-likeness (QED) is 0.701. The van der Waals surface area contributed by atoms with E-state index in [0.717, 1.165) is 24.4 Å². The zero-order valence-corrected chi connectivity index (χ0v) is 12.3. The summed E-state index contributed by atoms with van der Waals surface area (Å²) in [5.41, 5.74) is 6.83. The number of carbonyl (C=O) groups excluding carboxylic acids is 2. The van der Waals surface area contributed by atoms with Gasteiger partial charge >= 0.3 is 0 Å². The topological polar surface area (TPSA) is 84.2 Å². The van der Waals surface area contributed by atoms with Gasteiger partial charge in [-0.15, -0.1) is 11.3 Å². The zero-order chi connectivity index (χ0) is 14.3. The number of rotatable bonds is 6. The molecule has 1 amide bonds. The number of ketones is 1. The maximum absolute atomic E-state index is 12.2. The van der Waals surface area contributed by atoms with Gasteiger partial charge in [0.2, 0.25) is 0 Å². The first kappa shape index (κ1) is 13.4. The summed E-state index contributed by atoms with van der Waals surface area (Å²) in [4.78, 5) is 24.8. The van der Waals surface area contributed by atoms with Gasteiger partial charge in [-0.2, -0.15) is 0 Å². The van der Waals surface area contributed by atoms with E-state index in [1.54, 1.807) is 7.05 Å². The van der Waals surface area contributed by atoms with Crippen molar-refractivity contribution < 1.29 is 9.59 Å². The number of hydrogen-bond acceptors (Lipinski definition) is 5. The molecule has 2 aliphatic rings. The number of amides is 1. The second kappa shape index (κ2) is 5.09. The van der Waals surface area contributed by atoms with Crippen molar-refractivity contribution in [2.75, 3.05) is 24.6 Å². The Bertz CT molecular complexity index is 559. The molecule has 2 aliphatic carbocycles. The molecule has 0 bridgehead atoms. The minimum atomic E-state index is -0.230. The Balaban J connectivity index is 1.90. The van der Waals surface area contributed by atoms with Crippen LogP contribution in [0.25, 0.3) is 0 Å². The van der Waals surface area contributed by atoms with E-state index in [1.165, 1.54) is 24.2 Å². The van der Waals surface area contributed by atoms with Crippen molar-refractivity contribution in [1.29, 1.82) is 0 Å². The smallest absolute Gasteiger partial charge is 0.256 e. The van der Waals surface area contributed by atoms with Crippen molar-refractivity contribution in [2.45, 2.75) is 25.7 Å². The molecule has 2 fully saturated rings. The van der Waals surface area contributed by atoms with Crippen LogP contribution in [-0.2, 0) is 0 Å². The largest absolute Gasteiger partial charge is 0.397 e. The van der Waals surface area contributed by atoms with E-state index in [2.05, 4.69) is 10.6 Å². The Hall–Kier alpha value is -1.56. The minimum absolute atomic E-state index is 0.0946. The van der Waals surface area contributed by atoms with E-state index in [1.807, 2.05) is 0 Å². The van der Waals surface area contributed by atoms with Crippen molar-refractivity contribution in [2.24, 2.45) is 11.8 Å². The lowest BCUT2D eigenvalue weighted by Crippen LogP contribution is -2.20. The van der Waals surface area contributed by atoms with E-state index in [0.29, 0.717) is 22.0 Å². The highest BCUT2D eigenvalue weighted by Crippen LogP contribution is 2.42. The molecule has 2 saturated carbocycles. The van der Waals surface area contributed by atoms with Crippen molar-refractivity contribution >= 4 is 33.7 Å². The van der Waals surface area contributed by atoms with Crippen LogP contribution in [-0.4, -0.2) is 25.3 Å². The molecule has 1 aromatic heterocycles. The van der Waals surface area contributed by atoms with E-state index in [4.69, 9.17) is 5.73 Å². The van der Waals surface area contributed by atoms with Gasteiger partial charge < -0.3 is 16.4 Å². The van der Waals surface area contributed by atoms with Crippen LogP contribution in [0.15, 0.2) is 0 Å². The second-order valence-corrected chi connectivity index (χ2v) is 6.61. The van der Waals surface area contributed by atoms with E-state index >= 15 is 0 Å². The molecule has 4 N–H and O–H groups in total. The molecule has 5 nitrogen and oxygen atoms in total. The average molecular weight is 293 g/mol. The van der Waals surface area contributed by atoms with Gasteiger partial charge in [-0.1, -0.05) is 0 Å². The Morgan fingerprint density at radius 3 is 2.55 bits per heavy atom. The monoisotopic (exact) mass is 293 g/mol. The van der Waals surface area contributed by atoms with Gasteiger partial charge in [0, 0.05) is 19.5 Å². The zero-order valence-electron chi connectivity index (χ0n) is 11.5. The van der Waals surface area contributed by atoms with Crippen LogP contribution < -0.4 is 16.4 Å². The van der Waals surface area contributed by atoms with Crippen LogP contribution in [0.5, 0.6) is 0 Å². The number of Topliss-reactive ketones (excluding diaryl/α,β-unsaturated/α-hetero) is 1. The van der Waals surface area contributed by atoms with Crippen molar-refractivity contribution in [1.82, 2.24) is 5.32 Å². The third-order valence-corrected chi connectivity index (χ3v) is 5.00. The fraction of sp³-hybridized carbons (Fsp3) is 0.571. The SMILES string of the molecule is CNC(=O)c1c(NCC2CC2)sc(C(=O)C2CC2)c1N. The van der Waals surface area contributed by atoms with E-state index in [9.17, 15) is 9.59 Å². The number of carbonyl (C=O) groups is 2. The standard InChI is InChI=1S/C14H19N3O2S/c1-16-13(19)9-10(15)12(11(18)8-4-5-8)20-14(9)17-6-7-2-3-7/h7-8,17H,2-6,15H2,1H3,(H,16,19). The normalized spacial score (nSPS) is 17.9. The number of nitrogen functional groups attached to an aromatic ring is 1. The first-order valence-corrected chi connectivity index (χ1v) is 7.86. The summed E-state index contributed by atoms with van der Waals surface area (Å²) in [6.07, 6.45) is 4.35.